The first kappa shape index (κ1) is 25.0. The lowest BCUT2D eigenvalue weighted by Gasteiger charge is -2.28. The van der Waals surface area contributed by atoms with Crippen molar-refractivity contribution in [1.82, 2.24) is 10.6 Å². The van der Waals surface area contributed by atoms with E-state index in [0.29, 0.717) is 37.2 Å². The molecule has 0 spiro atoms. The first-order chi connectivity index (χ1) is 14.7. The largest absolute Gasteiger partial charge is 0.493 e. The molecule has 3 atom stereocenters. The Morgan fingerprint density at radius 2 is 1.90 bits per heavy atom. The lowest BCUT2D eigenvalue weighted by atomic mass is 9.75. The fraction of sp³-hybridized carbons (Fsp3) is 0.619. The highest BCUT2D eigenvalue weighted by Gasteiger charge is 2.33. The van der Waals surface area contributed by atoms with Crippen LogP contribution in [-0.4, -0.2) is 66.9 Å². The van der Waals surface area contributed by atoms with Crippen molar-refractivity contribution in [3.63, 3.8) is 0 Å². The van der Waals surface area contributed by atoms with Gasteiger partial charge in [-0.15, -0.1) is 0 Å². The maximum Gasteiger partial charge on any atom is 0.475 e. The van der Waals surface area contributed by atoms with E-state index < -0.39 is 37.5 Å². The van der Waals surface area contributed by atoms with E-state index in [2.05, 4.69) is 10.6 Å². The standard InChI is InChI=1S/C21H33BN2O7/c1-12(2)9-18(22(28)29)24-21(27)16(11-25)23-20(26)14-6-5-13-7-8-17(30-3)19(31-4)15(13)10-14/h7-8,12,14,16,18,25,28-29H,5-6,9-11H2,1-4H3,(H,23,26)(H,24,27)/t14?,16-,18-/m0/s1. The Balaban J connectivity index is 2.07. The van der Waals surface area contributed by atoms with Crippen LogP contribution >= 0.6 is 0 Å². The van der Waals surface area contributed by atoms with Crippen molar-refractivity contribution in [3.05, 3.63) is 23.3 Å². The first-order valence-electron chi connectivity index (χ1n) is 10.5. The lowest BCUT2D eigenvalue weighted by Crippen LogP contribution is -2.56. The van der Waals surface area contributed by atoms with Crippen molar-refractivity contribution in [3.8, 4) is 11.5 Å². The highest BCUT2D eigenvalue weighted by Crippen LogP contribution is 2.38. The zero-order valence-electron chi connectivity index (χ0n) is 18.6. The van der Waals surface area contributed by atoms with Crippen molar-refractivity contribution in [2.24, 2.45) is 11.8 Å². The lowest BCUT2D eigenvalue weighted by molar-refractivity contribution is -0.132. The van der Waals surface area contributed by atoms with Crippen LogP contribution in [0.3, 0.4) is 0 Å². The SMILES string of the molecule is COc1ccc2c(c1OC)CC(C(=O)N[C@@H](CO)C(=O)N[C@@H](CC(C)C)B(O)O)CC2. The molecule has 0 radical (unpaired) electrons. The minimum Gasteiger partial charge on any atom is -0.493 e. The molecule has 1 aliphatic rings. The average molecular weight is 436 g/mol. The van der Waals surface area contributed by atoms with Crippen molar-refractivity contribution >= 4 is 18.9 Å². The number of aryl methyl sites for hydroxylation is 1. The summed E-state index contributed by atoms with van der Waals surface area (Å²) < 4.78 is 10.8. The van der Waals surface area contributed by atoms with Crippen LogP contribution in [0.15, 0.2) is 12.1 Å². The van der Waals surface area contributed by atoms with Crippen LogP contribution in [0, 0.1) is 11.8 Å². The van der Waals surface area contributed by atoms with Gasteiger partial charge in [0, 0.05) is 11.5 Å². The number of carbonyl (C=O) groups excluding carboxylic acids is 2. The molecule has 0 heterocycles. The number of nitrogens with one attached hydrogen (secondary N) is 2. The summed E-state index contributed by atoms with van der Waals surface area (Å²) in [6.45, 7) is 3.17. The van der Waals surface area contributed by atoms with Crippen LogP contribution in [0.1, 0.15) is 37.8 Å². The molecule has 31 heavy (non-hydrogen) atoms. The third-order valence-corrected chi connectivity index (χ3v) is 5.56. The molecule has 2 rings (SSSR count). The minimum absolute atomic E-state index is 0.114. The number of amides is 2. The number of ether oxygens (including phenoxy) is 2. The molecule has 0 aromatic heterocycles. The van der Waals surface area contributed by atoms with Crippen LogP contribution in [-0.2, 0) is 22.4 Å². The monoisotopic (exact) mass is 436 g/mol. The van der Waals surface area contributed by atoms with Gasteiger partial charge in [0.2, 0.25) is 11.8 Å². The summed E-state index contributed by atoms with van der Waals surface area (Å²) in [6, 6.07) is 2.62. The van der Waals surface area contributed by atoms with E-state index in [4.69, 9.17) is 9.47 Å². The summed E-state index contributed by atoms with van der Waals surface area (Å²) in [7, 11) is 1.37. The second-order valence-corrected chi connectivity index (χ2v) is 8.28. The zero-order valence-corrected chi connectivity index (χ0v) is 18.6. The first-order valence-corrected chi connectivity index (χ1v) is 10.5. The number of aliphatic hydroxyl groups is 1. The molecule has 0 saturated carbocycles. The second kappa shape index (κ2) is 11.4. The van der Waals surface area contributed by atoms with Gasteiger partial charge in [-0.2, -0.15) is 0 Å². The Labute approximate surface area is 183 Å². The number of hydrogen-bond acceptors (Lipinski definition) is 7. The fourth-order valence-electron chi connectivity index (χ4n) is 3.92. The molecular formula is C21H33BN2O7. The van der Waals surface area contributed by atoms with E-state index in [-0.39, 0.29) is 11.8 Å². The number of carbonyl (C=O) groups is 2. The molecule has 10 heteroatoms. The molecule has 1 unspecified atom stereocenters. The van der Waals surface area contributed by atoms with Gasteiger partial charge in [0.15, 0.2) is 11.5 Å². The number of benzene rings is 1. The minimum atomic E-state index is -1.74. The van der Waals surface area contributed by atoms with Crippen LogP contribution in [0.4, 0.5) is 0 Å². The summed E-state index contributed by atoms with van der Waals surface area (Å²) in [5, 5.41) is 33.8. The smallest absolute Gasteiger partial charge is 0.475 e. The van der Waals surface area contributed by atoms with E-state index in [1.54, 1.807) is 14.2 Å². The predicted molar refractivity (Wildman–Crippen MR) is 116 cm³/mol. The van der Waals surface area contributed by atoms with Gasteiger partial charge in [-0.25, -0.2) is 0 Å². The van der Waals surface area contributed by atoms with Gasteiger partial charge in [0.25, 0.3) is 0 Å². The Hall–Kier alpha value is -2.30. The van der Waals surface area contributed by atoms with Gasteiger partial charge in [-0.3, -0.25) is 9.59 Å². The van der Waals surface area contributed by atoms with Crippen LogP contribution < -0.4 is 20.1 Å². The Kier molecular flexibility index (Phi) is 9.15. The average Bonchev–Trinajstić information content (AvgIpc) is 2.74. The summed E-state index contributed by atoms with van der Waals surface area (Å²) in [6.07, 6.45) is 2.04. The van der Waals surface area contributed by atoms with Gasteiger partial charge < -0.3 is 35.3 Å². The Bertz CT molecular complexity index is 772. The number of hydrogen-bond donors (Lipinski definition) is 5. The number of rotatable bonds is 10. The molecule has 0 fully saturated rings. The third-order valence-electron chi connectivity index (χ3n) is 5.56. The van der Waals surface area contributed by atoms with Crippen LogP contribution in [0.25, 0.3) is 0 Å². The molecule has 1 aromatic carbocycles. The van der Waals surface area contributed by atoms with Gasteiger partial charge in [-0.1, -0.05) is 19.9 Å². The van der Waals surface area contributed by atoms with E-state index in [1.165, 1.54) is 0 Å². The molecular weight excluding hydrogens is 403 g/mol. The highest BCUT2D eigenvalue weighted by molar-refractivity contribution is 6.43. The molecule has 5 N–H and O–H groups in total. The van der Waals surface area contributed by atoms with E-state index >= 15 is 0 Å². The van der Waals surface area contributed by atoms with E-state index in [0.717, 1.165) is 11.1 Å². The summed E-state index contributed by atoms with van der Waals surface area (Å²) in [4.78, 5) is 25.4. The van der Waals surface area contributed by atoms with Crippen LogP contribution in [0.2, 0.25) is 0 Å². The molecule has 0 bridgehead atoms. The van der Waals surface area contributed by atoms with Gasteiger partial charge in [0.05, 0.1) is 26.8 Å². The fourth-order valence-corrected chi connectivity index (χ4v) is 3.92. The van der Waals surface area contributed by atoms with Crippen molar-refractivity contribution in [2.75, 3.05) is 20.8 Å². The summed E-state index contributed by atoms with van der Waals surface area (Å²) >= 11 is 0. The molecule has 1 aliphatic carbocycles. The maximum atomic E-state index is 12.9. The molecule has 9 nitrogen and oxygen atoms in total. The highest BCUT2D eigenvalue weighted by atomic mass is 16.5. The van der Waals surface area contributed by atoms with Crippen LogP contribution in [0.5, 0.6) is 11.5 Å². The second-order valence-electron chi connectivity index (χ2n) is 8.28. The predicted octanol–water partition coefficient (Wildman–Crippen LogP) is -0.171. The van der Waals surface area contributed by atoms with Crippen molar-refractivity contribution < 1.29 is 34.2 Å². The zero-order chi connectivity index (χ0) is 23.1. The molecule has 0 aliphatic heterocycles. The molecule has 172 valence electrons. The van der Waals surface area contributed by atoms with Crippen molar-refractivity contribution in [2.45, 2.75) is 51.5 Å². The number of methoxy groups -OCH3 is 2. The normalized spacial score (nSPS) is 17.4. The van der Waals surface area contributed by atoms with Gasteiger partial charge >= 0.3 is 7.12 Å². The third kappa shape index (κ3) is 6.35. The summed E-state index contributed by atoms with van der Waals surface area (Å²) in [5.74, 6) is -0.999. The Morgan fingerprint density at radius 3 is 2.45 bits per heavy atom. The van der Waals surface area contributed by atoms with Gasteiger partial charge in [0.1, 0.15) is 6.04 Å². The van der Waals surface area contributed by atoms with E-state index in [9.17, 15) is 24.7 Å². The molecule has 2 amide bonds. The van der Waals surface area contributed by atoms with Crippen molar-refractivity contribution in [1.29, 1.82) is 0 Å². The quantitative estimate of drug-likeness (QED) is 0.321. The van der Waals surface area contributed by atoms with Gasteiger partial charge in [-0.05, 0) is 43.2 Å². The van der Waals surface area contributed by atoms with E-state index in [1.807, 2.05) is 26.0 Å². The topological polar surface area (TPSA) is 137 Å². The Morgan fingerprint density at radius 1 is 1.19 bits per heavy atom. The molecule has 1 aromatic rings. The molecule has 0 saturated heterocycles. The maximum absolute atomic E-state index is 12.9. The number of fused-ring (bicyclic) bond motifs is 1. The summed E-state index contributed by atoms with van der Waals surface area (Å²) in [5.41, 5.74) is 1.99. The number of aliphatic hydroxyl groups excluding tert-OH is 1.